The van der Waals surface area contributed by atoms with E-state index in [9.17, 15) is 13.2 Å². The Morgan fingerprint density at radius 1 is 0.867 bits per heavy atom. The number of alkyl halides is 3. The number of para-hydroxylation sites is 1. The van der Waals surface area contributed by atoms with Crippen molar-refractivity contribution in [3.05, 3.63) is 48.0 Å². The number of benzene rings is 2. The summed E-state index contributed by atoms with van der Waals surface area (Å²) in [5, 5.41) is 11.4. The molecule has 0 saturated carbocycles. The fourth-order valence-electron chi connectivity index (χ4n) is 3.69. The van der Waals surface area contributed by atoms with Crippen molar-refractivity contribution in [2.24, 2.45) is 5.16 Å². The average molecular weight is 437 g/mol. The number of hydrogen-bond acceptors (Lipinski definition) is 4. The van der Waals surface area contributed by atoms with Gasteiger partial charge in [-0.1, -0.05) is 56.0 Å². The topological polar surface area (TPSA) is 35.8 Å². The number of anilines is 2. The summed E-state index contributed by atoms with van der Waals surface area (Å²) in [5.74, 6) is 0. The molecule has 3 rings (SSSR count). The fraction of sp³-hybridized carbons (Fsp3) is 0.435. The van der Waals surface area contributed by atoms with Crippen LogP contribution >= 0.6 is 11.8 Å². The second-order valence-corrected chi connectivity index (χ2v) is 8.55. The summed E-state index contributed by atoms with van der Waals surface area (Å²) in [6, 6.07) is 12.0. The van der Waals surface area contributed by atoms with Gasteiger partial charge in [-0.3, -0.25) is 0 Å². The minimum Gasteiger partial charge on any atom is -0.411 e. The molecule has 7 heteroatoms. The van der Waals surface area contributed by atoms with Crippen molar-refractivity contribution in [2.75, 3.05) is 11.4 Å². The van der Waals surface area contributed by atoms with Crippen molar-refractivity contribution in [3.63, 3.8) is 0 Å². The number of hydrogen-bond donors (Lipinski definition) is 1. The van der Waals surface area contributed by atoms with Gasteiger partial charge in [-0.2, -0.15) is 13.2 Å². The molecule has 30 heavy (non-hydrogen) atoms. The Bertz CT molecular complexity index is 855. The van der Waals surface area contributed by atoms with Crippen LogP contribution in [0.4, 0.5) is 24.5 Å². The summed E-state index contributed by atoms with van der Waals surface area (Å²) in [5.41, 5.74) is 1.04. The first kappa shape index (κ1) is 22.5. The van der Waals surface area contributed by atoms with Crippen LogP contribution in [0.15, 0.2) is 57.4 Å². The van der Waals surface area contributed by atoms with Crippen molar-refractivity contribution in [3.8, 4) is 0 Å². The maximum absolute atomic E-state index is 13.3. The van der Waals surface area contributed by atoms with E-state index < -0.39 is 11.7 Å². The lowest BCUT2D eigenvalue weighted by Crippen LogP contribution is -2.22. The summed E-state index contributed by atoms with van der Waals surface area (Å²) in [6.07, 6.45) is 5.56. The Morgan fingerprint density at radius 3 is 2.27 bits per heavy atom. The van der Waals surface area contributed by atoms with Crippen LogP contribution in [-0.2, 0) is 6.18 Å². The minimum atomic E-state index is -4.34. The number of halogens is 3. The second-order valence-electron chi connectivity index (χ2n) is 7.46. The highest BCUT2D eigenvalue weighted by molar-refractivity contribution is 7.99. The van der Waals surface area contributed by atoms with Crippen molar-refractivity contribution >= 4 is 29.4 Å². The molecule has 0 fully saturated rings. The highest BCUT2D eigenvalue weighted by Crippen LogP contribution is 2.49. The van der Waals surface area contributed by atoms with Crippen LogP contribution in [0.1, 0.15) is 56.9 Å². The van der Waals surface area contributed by atoms with Gasteiger partial charge in [0.1, 0.15) is 0 Å². The Balaban J connectivity index is 1.59. The van der Waals surface area contributed by atoms with E-state index in [1.807, 2.05) is 29.2 Å². The van der Waals surface area contributed by atoms with Gasteiger partial charge in [-0.05, 0) is 49.6 Å². The predicted octanol–water partition coefficient (Wildman–Crippen LogP) is 7.89. The first-order valence-corrected chi connectivity index (χ1v) is 11.2. The first-order valence-electron chi connectivity index (χ1n) is 10.4. The van der Waals surface area contributed by atoms with E-state index >= 15 is 0 Å². The third-order valence-electron chi connectivity index (χ3n) is 5.25. The van der Waals surface area contributed by atoms with E-state index in [-0.39, 0.29) is 0 Å². The summed E-state index contributed by atoms with van der Waals surface area (Å²) in [7, 11) is 0. The number of nitrogens with zero attached hydrogens (tertiary/aromatic N) is 2. The minimum absolute atomic E-state index is 0.600. The summed E-state index contributed by atoms with van der Waals surface area (Å²) >= 11 is 1.53. The molecule has 0 saturated heterocycles. The third-order valence-corrected chi connectivity index (χ3v) is 6.38. The lowest BCUT2D eigenvalue weighted by molar-refractivity contribution is -0.137. The molecule has 0 aromatic heterocycles. The normalized spacial score (nSPS) is 13.5. The second kappa shape index (κ2) is 10.8. The van der Waals surface area contributed by atoms with E-state index in [1.165, 1.54) is 30.1 Å². The van der Waals surface area contributed by atoms with Crippen molar-refractivity contribution in [1.82, 2.24) is 0 Å². The number of rotatable bonds is 10. The molecular formula is C23H27F3N2OS. The monoisotopic (exact) mass is 436 g/mol. The molecule has 0 atom stereocenters. The zero-order valence-electron chi connectivity index (χ0n) is 16.9. The van der Waals surface area contributed by atoms with Gasteiger partial charge in [-0.25, -0.2) is 0 Å². The maximum atomic E-state index is 13.3. The molecule has 0 spiro atoms. The molecule has 1 heterocycles. The summed E-state index contributed by atoms with van der Waals surface area (Å²) in [6.45, 7) is 0.707. The Morgan fingerprint density at radius 2 is 1.53 bits per heavy atom. The van der Waals surface area contributed by atoms with E-state index in [4.69, 9.17) is 5.21 Å². The highest BCUT2D eigenvalue weighted by atomic mass is 32.2. The van der Waals surface area contributed by atoms with Crippen LogP contribution in [0.25, 0.3) is 0 Å². The van der Waals surface area contributed by atoms with E-state index in [1.54, 1.807) is 6.07 Å². The largest absolute Gasteiger partial charge is 0.416 e. The van der Waals surface area contributed by atoms with Crippen molar-refractivity contribution < 1.29 is 18.4 Å². The average Bonchev–Trinajstić information content (AvgIpc) is 2.73. The van der Waals surface area contributed by atoms with Crippen LogP contribution in [0, 0.1) is 0 Å². The SMILES string of the molecule is O/N=C\CCCCCCCCCN1c2ccccc2Sc2ccc(C(F)(F)F)cc21. The number of unbranched alkanes of at least 4 members (excludes halogenated alkanes) is 7. The van der Waals surface area contributed by atoms with Crippen molar-refractivity contribution in [1.29, 1.82) is 0 Å². The molecule has 0 aliphatic carbocycles. The third kappa shape index (κ3) is 5.94. The van der Waals surface area contributed by atoms with E-state index in [0.717, 1.165) is 66.8 Å². The zero-order valence-corrected chi connectivity index (χ0v) is 17.7. The quantitative estimate of drug-likeness (QED) is 0.178. The van der Waals surface area contributed by atoms with Gasteiger partial charge in [0.25, 0.3) is 0 Å². The molecule has 1 aliphatic rings. The van der Waals surface area contributed by atoms with Gasteiger partial charge in [0, 0.05) is 22.6 Å². The van der Waals surface area contributed by atoms with Gasteiger partial charge in [0.2, 0.25) is 0 Å². The zero-order chi connectivity index (χ0) is 21.4. The Hall–Kier alpha value is -2.15. The van der Waals surface area contributed by atoms with Crippen LogP contribution in [0.2, 0.25) is 0 Å². The molecule has 0 amide bonds. The molecule has 0 unspecified atom stereocenters. The molecule has 1 aliphatic heterocycles. The van der Waals surface area contributed by atoms with E-state index in [2.05, 4.69) is 5.16 Å². The van der Waals surface area contributed by atoms with Crippen LogP contribution < -0.4 is 4.90 Å². The van der Waals surface area contributed by atoms with Crippen LogP contribution in [-0.4, -0.2) is 18.0 Å². The van der Waals surface area contributed by atoms with Gasteiger partial charge in [-0.15, -0.1) is 5.16 Å². The number of fused-ring (bicyclic) bond motifs is 2. The molecular weight excluding hydrogens is 409 g/mol. The van der Waals surface area contributed by atoms with E-state index in [0.29, 0.717) is 12.2 Å². The Kier molecular flexibility index (Phi) is 8.08. The molecule has 0 radical (unpaired) electrons. The standard InChI is InChI=1S/C23H27F3N2OS/c24-23(25,26)18-13-14-22-20(17-18)28(19-11-7-8-12-21(19)30-22)16-10-6-4-2-1-3-5-9-15-27-29/h7-8,11-15,17,29H,1-6,9-10,16H2/b27-15-. The first-order chi connectivity index (χ1) is 14.5. The predicted molar refractivity (Wildman–Crippen MR) is 116 cm³/mol. The lowest BCUT2D eigenvalue weighted by atomic mass is 10.1. The van der Waals surface area contributed by atoms with Crippen LogP contribution in [0.5, 0.6) is 0 Å². The van der Waals surface area contributed by atoms with Crippen molar-refractivity contribution in [2.45, 2.75) is 67.3 Å². The van der Waals surface area contributed by atoms with Gasteiger partial charge in [0.15, 0.2) is 0 Å². The van der Waals surface area contributed by atoms with Gasteiger partial charge < -0.3 is 10.1 Å². The lowest BCUT2D eigenvalue weighted by Gasteiger charge is -2.33. The maximum Gasteiger partial charge on any atom is 0.416 e. The highest BCUT2D eigenvalue weighted by Gasteiger charge is 2.33. The molecule has 0 bridgehead atoms. The van der Waals surface area contributed by atoms with Gasteiger partial charge >= 0.3 is 6.18 Å². The smallest absolute Gasteiger partial charge is 0.411 e. The Labute approximate surface area is 180 Å². The molecule has 2 aromatic rings. The number of oxime groups is 1. The van der Waals surface area contributed by atoms with Crippen LogP contribution in [0.3, 0.4) is 0 Å². The molecule has 3 nitrogen and oxygen atoms in total. The molecule has 162 valence electrons. The summed E-state index contributed by atoms with van der Waals surface area (Å²) < 4.78 is 39.8. The molecule has 1 N–H and O–H groups in total. The van der Waals surface area contributed by atoms with Gasteiger partial charge in [0.05, 0.1) is 16.9 Å². The molecule has 2 aromatic carbocycles. The summed E-state index contributed by atoms with van der Waals surface area (Å²) in [4.78, 5) is 3.99. The fourth-order valence-corrected chi connectivity index (χ4v) is 4.77.